The van der Waals surface area contributed by atoms with E-state index in [2.05, 4.69) is 20.3 Å². The van der Waals surface area contributed by atoms with E-state index in [1.165, 1.54) is 19.2 Å². The predicted molar refractivity (Wildman–Crippen MR) is 83.1 cm³/mol. The molecule has 4 rings (SSSR count). The molecule has 0 aliphatic heterocycles. The molecule has 1 fully saturated rings. The molecule has 0 radical (unpaired) electrons. The van der Waals surface area contributed by atoms with E-state index in [9.17, 15) is 5.11 Å². The van der Waals surface area contributed by atoms with Crippen molar-refractivity contribution >= 4 is 17.0 Å². The van der Waals surface area contributed by atoms with Gasteiger partial charge < -0.3 is 20.7 Å². The molecular formula is C15H20N6O. The number of aliphatic hydroxyl groups excluding tert-OH is 1. The SMILES string of the molecule is NC1=CCCC1(CO)n1cnc2c(NCC3CC3)ncnc21. The van der Waals surface area contributed by atoms with Crippen LogP contribution in [0.25, 0.3) is 11.2 Å². The van der Waals surface area contributed by atoms with Crippen LogP contribution in [0, 0.1) is 5.92 Å². The van der Waals surface area contributed by atoms with E-state index in [0.717, 1.165) is 36.6 Å². The van der Waals surface area contributed by atoms with Gasteiger partial charge in [0, 0.05) is 12.2 Å². The number of aliphatic hydroxyl groups is 1. The molecule has 2 aliphatic rings. The zero-order valence-electron chi connectivity index (χ0n) is 12.4. The number of anilines is 1. The Morgan fingerprint density at radius 2 is 2.23 bits per heavy atom. The van der Waals surface area contributed by atoms with E-state index in [-0.39, 0.29) is 6.61 Å². The molecule has 116 valence electrons. The number of nitrogens with one attached hydrogen (secondary N) is 1. The van der Waals surface area contributed by atoms with Gasteiger partial charge in [0.15, 0.2) is 11.5 Å². The number of fused-ring (bicyclic) bond motifs is 1. The van der Waals surface area contributed by atoms with Gasteiger partial charge in [-0.2, -0.15) is 0 Å². The summed E-state index contributed by atoms with van der Waals surface area (Å²) in [5.74, 6) is 1.51. The quantitative estimate of drug-likeness (QED) is 0.760. The van der Waals surface area contributed by atoms with Gasteiger partial charge in [-0.05, 0) is 31.6 Å². The number of imidazole rings is 1. The maximum absolute atomic E-state index is 9.94. The first-order valence-electron chi connectivity index (χ1n) is 7.74. The lowest BCUT2D eigenvalue weighted by Gasteiger charge is -2.30. The van der Waals surface area contributed by atoms with Crippen LogP contribution >= 0.6 is 0 Å². The van der Waals surface area contributed by atoms with Crippen LogP contribution in [0.3, 0.4) is 0 Å². The Bertz CT molecular complexity index is 735. The summed E-state index contributed by atoms with van der Waals surface area (Å²) in [5, 5.41) is 13.3. The number of hydrogen-bond donors (Lipinski definition) is 3. The average Bonchev–Trinajstić information content (AvgIpc) is 3.14. The van der Waals surface area contributed by atoms with Crippen LogP contribution in [0.15, 0.2) is 24.4 Å². The fraction of sp³-hybridized carbons (Fsp3) is 0.533. The fourth-order valence-corrected chi connectivity index (χ4v) is 3.15. The topological polar surface area (TPSA) is 102 Å². The summed E-state index contributed by atoms with van der Waals surface area (Å²) in [6, 6.07) is 0. The van der Waals surface area contributed by atoms with Crippen molar-refractivity contribution in [1.82, 2.24) is 19.5 Å². The Kier molecular flexibility index (Phi) is 3.04. The highest BCUT2D eigenvalue weighted by Gasteiger charge is 2.39. The molecule has 0 saturated heterocycles. The van der Waals surface area contributed by atoms with E-state index in [1.54, 1.807) is 6.33 Å². The lowest BCUT2D eigenvalue weighted by molar-refractivity contribution is 0.164. The van der Waals surface area contributed by atoms with Crippen LogP contribution in [0.2, 0.25) is 0 Å². The van der Waals surface area contributed by atoms with Gasteiger partial charge in [-0.25, -0.2) is 15.0 Å². The standard InChI is InChI=1S/C15H20N6O/c16-11-2-1-5-15(11,7-22)21-9-20-12-13(17-6-10-3-4-10)18-8-19-14(12)21/h2,8-10,22H,1,3-7,16H2,(H,17,18,19). The number of allylic oxidation sites excluding steroid dienone is 1. The zero-order chi connectivity index (χ0) is 15.2. The van der Waals surface area contributed by atoms with Gasteiger partial charge in [0.25, 0.3) is 0 Å². The van der Waals surface area contributed by atoms with Crippen molar-refractivity contribution in [3.63, 3.8) is 0 Å². The van der Waals surface area contributed by atoms with Crippen molar-refractivity contribution in [2.24, 2.45) is 11.7 Å². The third-order valence-corrected chi connectivity index (χ3v) is 4.77. The van der Waals surface area contributed by atoms with Crippen LogP contribution in [0.1, 0.15) is 25.7 Å². The van der Waals surface area contributed by atoms with Gasteiger partial charge in [0.1, 0.15) is 17.4 Å². The molecular weight excluding hydrogens is 280 g/mol. The Morgan fingerprint density at radius 1 is 1.36 bits per heavy atom. The average molecular weight is 300 g/mol. The molecule has 0 spiro atoms. The zero-order valence-corrected chi connectivity index (χ0v) is 12.4. The highest BCUT2D eigenvalue weighted by atomic mass is 16.3. The smallest absolute Gasteiger partial charge is 0.166 e. The maximum Gasteiger partial charge on any atom is 0.166 e. The van der Waals surface area contributed by atoms with E-state index in [0.29, 0.717) is 11.3 Å². The molecule has 1 saturated carbocycles. The molecule has 2 aliphatic carbocycles. The second kappa shape index (κ2) is 4.95. The third-order valence-electron chi connectivity index (χ3n) is 4.77. The summed E-state index contributed by atoms with van der Waals surface area (Å²) in [5.41, 5.74) is 7.64. The first-order chi connectivity index (χ1) is 10.7. The van der Waals surface area contributed by atoms with E-state index in [4.69, 9.17) is 5.73 Å². The first-order valence-corrected chi connectivity index (χ1v) is 7.74. The van der Waals surface area contributed by atoms with Crippen LogP contribution < -0.4 is 11.1 Å². The molecule has 2 aromatic heterocycles. The Balaban J connectivity index is 1.76. The molecule has 2 aromatic rings. The number of aromatic nitrogens is 4. The highest BCUT2D eigenvalue weighted by molar-refractivity contribution is 5.83. The van der Waals surface area contributed by atoms with Crippen molar-refractivity contribution in [2.75, 3.05) is 18.5 Å². The summed E-state index contributed by atoms with van der Waals surface area (Å²) in [4.78, 5) is 13.2. The minimum absolute atomic E-state index is 0.0599. The van der Waals surface area contributed by atoms with Crippen molar-refractivity contribution in [3.8, 4) is 0 Å². The second-order valence-corrected chi connectivity index (χ2v) is 6.22. The Morgan fingerprint density at radius 3 is 2.91 bits per heavy atom. The summed E-state index contributed by atoms with van der Waals surface area (Å²) in [7, 11) is 0. The van der Waals surface area contributed by atoms with Gasteiger partial charge in [0.05, 0.1) is 12.9 Å². The molecule has 22 heavy (non-hydrogen) atoms. The normalized spacial score (nSPS) is 24.7. The van der Waals surface area contributed by atoms with Gasteiger partial charge in [-0.3, -0.25) is 0 Å². The highest BCUT2D eigenvalue weighted by Crippen LogP contribution is 2.37. The lowest BCUT2D eigenvalue weighted by atomic mass is 9.97. The summed E-state index contributed by atoms with van der Waals surface area (Å²) < 4.78 is 1.89. The molecule has 0 amide bonds. The molecule has 7 heteroatoms. The van der Waals surface area contributed by atoms with E-state index >= 15 is 0 Å². The van der Waals surface area contributed by atoms with Gasteiger partial charge >= 0.3 is 0 Å². The number of rotatable bonds is 5. The largest absolute Gasteiger partial charge is 0.400 e. The Hall–Kier alpha value is -2.15. The van der Waals surface area contributed by atoms with Crippen LogP contribution in [0.4, 0.5) is 5.82 Å². The molecule has 4 N–H and O–H groups in total. The predicted octanol–water partition coefficient (Wildman–Crippen LogP) is 0.972. The van der Waals surface area contributed by atoms with Gasteiger partial charge in [-0.15, -0.1) is 0 Å². The molecule has 1 atom stereocenters. The monoisotopic (exact) mass is 300 g/mol. The van der Waals surface area contributed by atoms with Crippen molar-refractivity contribution in [1.29, 1.82) is 0 Å². The van der Waals surface area contributed by atoms with E-state index < -0.39 is 5.54 Å². The number of nitrogens with zero attached hydrogens (tertiary/aromatic N) is 4. The molecule has 1 unspecified atom stereocenters. The lowest BCUT2D eigenvalue weighted by Crippen LogP contribution is -2.40. The molecule has 0 bridgehead atoms. The minimum Gasteiger partial charge on any atom is -0.400 e. The second-order valence-electron chi connectivity index (χ2n) is 6.22. The van der Waals surface area contributed by atoms with Gasteiger partial charge in [0.2, 0.25) is 0 Å². The molecule has 2 heterocycles. The molecule has 7 nitrogen and oxygen atoms in total. The fourth-order valence-electron chi connectivity index (χ4n) is 3.15. The maximum atomic E-state index is 9.94. The van der Waals surface area contributed by atoms with Gasteiger partial charge in [-0.1, -0.05) is 6.08 Å². The van der Waals surface area contributed by atoms with E-state index in [1.807, 2.05) is 10.6 Å². The summed E-state index contributed by atoms with van der Waals surface area (Å²) >= 11 is 0. The van der Waals surface area contributed by atoms with Crippen LogP contribution in [0.5, 0.6) is 0 Å². The van der Waals surface area contributed by atoms with Crippen molar-refractivity contribution < 1.29 is 5.11 Å². The number of nitrogens with two attached hydrogens (primary N) is 1. The Labute approximate surface area is 128 Å². The summed E-state index contributed by atoms with van der Waals surface area (Å²) in [6.07, 6.45) is 9.39. The van der Waals surface area contributed by atoms with Crippen molar-refractivity contribution in [3.05, 3.63) is 24.4 Å². The first kappa shape index (κ1) is 13.5. The van der Waals surface area contributed by atoms with Crippen LogP contribution in [-0.4, -0.2) is 37.8 Å². The van der Waals surface area contributed by atoms with Crippen molar-refractivity contribution in [2.45, 2.75) is 31.2 Å². The third kappa shape index (κ3) is 1.96. The minimum atomic E-state index is -0.628. The number of hydrogen-bond acceptors (Lipinski definition) is 6. The molecule has 0 aromatic carbocycles. The van der Waals surface area contributed by atoms with Crippen LogP contribution in [-0.2, 0) is 5.54 Å². The summed E-state index contributed by atoms with van der Waals surface area (Å²) in [6.45, 7) is 0.863.